The number of carboxylic acid groups (broad SMARTS) is 1. The summed E-state index contributed by atoms with van der Waals surface area (Å²) in [5.41, 5.74) is 0.956. The number of ether oxygens (including phenoxy) is 1. The van der Waals surface area contributed by atoms with Gasteiger partial charge in [0.05, 0.1) is 28.7 Å². The van der Waals surface area contributed by atoms with Crippen LogP contribution in [0.1, 0.15) is 34.1 Å². The molecule has 0 radical (unpaired) electrons. The molecule has 0 bridgehead atoms. The Kier molecular flexibility index (Phi) is 7.17. The molecule has 1 fully saturated rings. The molecule has 3 aromatic rings. The number of hydrogen-bond acceptors (Lipinski definition) is 6. The number of rotatable bonds is 8. The third-order valence-electron chi connectivity index (χ3n) is 5.30. The molecule has 1 aliphatic rings. The molecule has 4 rings (SSSR count). The predicted molar refractivity (Wildman–Crippen MR) is 132 cm³/mol. The molecule has 1 saturated heterocycles. The summed E-state index contributed by atoms with van der Waals surface area (Å²) >= 11 is 1.28. The van der Waals surface area contributed by atoms with E-state index in [2.05, 4.69) is 5.32 Å². The van der Waals surface area contributed by atoms with Gasteiger partial charge >= 0.3 is 5.97 Å². The molecule has 0 unspecified atom stereocenters. The lowest BCUT2D eigenvalue weighted by Gasteiger charge is -2.15. The van der Waals surface area contributed by atoms with Crippen LogP contribution in [0.3, 0.4) is 0 Å². The Bertz CT molecular complexity index is 1270. The number of imide groups is 1. The van der Waals surface area contributed by atoms with Crippen LogP contribution in [0.2, 0.25) is 0 Å². The fourth-order valence-corrected chi connectivity index (χ4v) is 4.73. The Labute approximate surface area is 205 Å². The zero-order valence-corrected chi connectivity index (χ0v) is 19.6. The minimum atomic E-state index is -1.18. The van der Waals surface area contributed by atoms with Crippen LogP contribution in [0.25, 0.3) is 0 Å². The van der Waals surface area contributed by atoms with E-state index in [4.69, 9.17) is 4.74 Å². The van der Waals surface area contributed by atoms with Gasteiger partial charge in [0.2, 0.25) is 11.8 Å². The number of amides is 3. The first-order valence-corrected chi connectivity index (χ1v) is 11.8. The van der Waals surface area contributed by atoms with Crippen molar-refractivity contribution in [3.05, 3.63) is 83.9 Å². The van der Waals surface area contributed by atoms with Crippen LogP contribution in [0.5, 0.6) is 5.75 Å². The summed E-state index contributed by atoms with van der Waals surface area (Å²) in [5.74, 6) is -1.60. The molecule has 8 nitrogen and oxygen atoms in total. The largest absolute Gasteiger partial charge is 0.494 e. The van der Waals surface area contributed by atoms with Crippen LogP contribution in [-0.4, -0.2) is 40.7 Å². The number of nitrogens with zero attached hydrogens (tertiary/aromatic N) is 1. The minimum absolute atomic E-state index is 0.0582. The van der Waals surface area contributed by atoms with Crippen molar-refractivity contribution in [2.24, 2.45) is 0 Å². The smallest absolute Gasteiger partial charge is 0.336 e. The maximum Gasteiger partial charge on any atom is 0.336 e. The monoisotopic (exact) mass is 490 g/mol. The fraction of sp³-hybridized carbons (Fsp3) is 0.154. The van der Waals surface area contributed by atoms with Gasteiger partial charge in [-0.3, -0.25) is 14.4 Å². The Morgan fingerprint density at radius 2 is 1.66 bits per heavy atom. The third kappa shape index (κ3) is 5.36. The summed E-state index contributed by atoms with van der Waals surface area (Å²) in [6.07, 6.45) is 0.0845. The second-order valence-corrected chi connectivity index (χ2v) is 8.91. The lowest BCUT2D eigenvalue weighted by molar-refractivity contribution is -0.121. The molecule has 1 atom stereocenters. The molecule has 1 aliphatic heterocycles. The van der Waals surface area contributed by atoms with E-state index in [-0.39, 0.29) is 29.4 Å². The first kappa shape index (κ1) is 24.0. The van der Waals surface area contributed by atoms with Gasteiger partial charge in [-0.25, -0.2) is 9.69 Å². The van der Waals surface area contributed by atoms with E-state index in [1.165, 1.54) is 28.8 Å². The number of carbonyl (C=O) groups excluding carboxylic acids is 3. The number of carbonyl (C=O) groups is 4. The molecular formula is C26H22N2O6S. The van der Waals surface area contributed by atoms with Crippen LogP contribution in [0.4, 0.5) is 11.4 Å². The molecule has 3 amide bonds. The summed E-state index contributed by atoms with van der Waals surface area (Å²) in [6, 6.07) is 19.6. The molecular weight excluding hydrogens is 468 g/mol. The van der Waals surface area contributed by atoms with Gasteiger partial charge in [-0.15, -0.1) is 11.8 Å². The van der Waals surface area contributed by atoms with Crippen molar-refractivity contribution in [2.75, 3.05) is 16.8 Å². The van der Waals surface area contributed by atoms with E-state index in [9.17, 15) is 24.3 Å². The lowest BCUT2D eigenvalue weighted by Crippen LogP contribution is -2.31. The summed E-state index contributed by atoms with van der Waals surface area (Å²) in [6.45, 7) is 2.40. The SMILES string of the molecule is CCOc1ccc(N2C(=O)C[C@@H](Sc3ccc(NC(=O)c4ccccc4C(=O)O)cc3)C2=O)cc1. The molecule has 9 heteroatoms. The van der Waals surface area contributed by atoms with Gasteiger partial charge in [0.25, 0.3) is 5.91 Å². The first-order valence-electron chi connectivity index (χ1n) is 10.9. The van der Waals surface area contributed by atoms with E-state index < -0.39 is 17.1 Å². The van der Waals surface area contributed by atoms with Crippen molar-refractivity contribution >= 4 is 46.8 Å². The number of anilines is 2. The van der Waals surface area contributed by atoms with Gasteiger partial charge in [-0.1, -0.05) is 12.1 Å². The molecule has 0 spiro atoms. The fourth-order valence-electron chi connectivity index (χ4n) is 3.67. The quantitative estimate of drug-likeness (QED) is 0.448. The van der Waals surface area contributed by atoms with Crippen LogP contribution >= 0.6 is 11.8 Å². The zero-order valence-electron chi connectivity index (χ0n) is 18.8. The van der Waals surface area contributed by atoms with Gasteiger partial charge < -0.3 is 15.2 Å². The predicted octanol–water partition coefficient (Wildman–Crippen LogP) is 4.46. The van der Waals surface area contributed by atoms with E-state index in [0.717, 1.165) is 4.90 Å². The topological polar surface area (TPSA) is 113 Å². The molecule has 0 saturated carbocycles. The zero-order chi connectivity index (χ0) is 24.9. The Morgan fingerprint density at radius 3 is 2.29 bits per heavy atom. The molecule has 1 heterocycles. The summed E-state index contributed by atoms with van der Waals surface area (Å²) in [5, 5.41) is 11.4. The molecule has 2 N–H and O–H groups in total. The molecule has 0 aliphatic carbocycles. The molecule has 178 valence electrons. The summed E-state index contributed by atoms with van der Waals surface area (Å²) in [4.78, 5) is 51.3. The molecule has 35 heavy (non-hydrogen) atoms. The van der Waals surface area contributed by atoms with E-state index >= 15 is 0 Å². The minimum Gasteiger partial charge on any atom is -0.494 e. The number of thioether (sulfide) groups is 1. The Morgan fingerprint density at radius 1 is 1.00 bits per heavy atom. The molecule has 0 aromatic heterocycles. The van der Waals surface area contributed by atoms with Crippen LogP contribution in [0, 0.1) is 0 Å². The van der Waals surface area contributed by atoms with Gasteiger partial charge in [0.15, 0.2) is 0 Å². The maximum atomic E-state index is 12.9. The van der Waals surface area contributed by atoms with Crippen molar-refractivity contribution in [3.8, 4) is 5.75 Å². The highest BCUT2D eigenvalue weighted by molar-refractivity contribution is 8.00. The summed E-state index contributed by atoms with van der Waals surface area (Å²) in [7, 11) is 0. The van der Waals surface area contributed by atoms with Gasteiger partial charge in [0.1, 0.15) is 5.75 Å². The Hall–Kier alpha value is -4.11. The van der Waals surface area contributed by atoms with Crippen LogP contribution in [-0.2, 0) is 9.59 Å². The van der Waals surface area contributed by atoms with E-state index in [1.54, 1.807) is 60.7 Å². The number of benzene rings is 3. The number of hydrogen-bond donors (Lipinski definition) is 2. The average molecular weight is 491 g/mol. The second-order valence-electron chi connectivity index (χ2n) is 7.63. The van der Waals surface area contributed by atoms with Gasteiger partial charge in [-0.05, 0) is 67.6 Å². The van der Waals surface area contributed by atoms with E-state index in [0.29, 0.717) is 23.7 Å². The van der Waals surface area contributed by atoms with Crippen molar-refractivity contribution in [1.29, 1.82) is 0 Å². The van der Waals surface area contributed by atoms with Gasteiger partial charge in [0, 0.05) is 17.0 Å². The highest BCUT2D eigenvalue weighted by Gasteiger charge is 2.40. The van der Waals surface area contributed by atoms with Crippen molar-refractivity contribution in [1.82, 2.24) is 0 Å². The van der Waals surface area contributed by atoms with Crippen molar-refractivity contribution < 1.29 is 29.0 Å². The Balaban J connectivity index is 1.41. The first-order chi connectivity index (χ1) is 16.9. The van der Waals surface area contributed by atoms with Crippen LogP contribution in [0.15, 0.2) is 77.7 Å². The van der Waals surface area contributed by atoms with Crippen molar-refractivity contribution in [3.63, 3.8) is 0 Å². The van der Waals surface area contributed by atoms with Gasteiger partial charge in [-0.2, -0.15) is 0 Å². The standard InChI is InChI=1S/C26H22N2O6S/c1-2-34-18-11-9-17(10-12-18)28-23(29)15-22(25(28)31)35-19-13-7-16(8-14-19)27-24(30)20-5-3-4-6-21(20)26(32)33/h3-14,22H,2,15H2,1H3,(H,27,30)(H,32,33)/t22-/m1/s1. The normalized spacial score (nSPS) is 15.2. The van der Waals surface area contributed by atoms with Crippen molar-refractivity contribution in [2.45, 2.75) is 23.5 Å². The van der Waals surface area contributed by atoms with E-state index in [1.807, 2.05) is 6.92 Å². The number of nitrogens with one attached hydrogen (secondary N) is 1. The highest BCUT2D eigenvalue weighted by atomic mass is 32.2. The highest BCUT2D eigenvalue weighted by Crippen LogP contribution is 2.35. The summed E-state index contributed by atoms with van der Waals surface area (Å²) < 4.78 is 5.41. The maximum absolute atomic E-state index is 12.9. The second kappa shape index (κ2) is 10.4. The third-order valence-corrected chi connectivity index (χ3v) is 6.50. The van der Waals surface area contributed by atoms with Crippen LogP contribution < -0.4 is 15.0 Å². The lowest BCUT2D eigenvalue weighted by atomic mass is 10.1. The average Bonchev–Trinajstić information content (AvgIpc) is 3.13. The number of aromatic carboxylic acids is 1. The molecule has 3 aromatic carbocycles. The number of carboxylic acids is 1.